The topological polar surface area (TPSA) is 88.6 Å². The molecule has 2 aromatic carbocycles. The van der Waals surface area contributed by atoms with E-state index in [1.54, 1.807) is 28.5 Å². The fraction of sp³-hybridized carbons (Fsp3) is 0.280. The largest absolute Gasteiger partial charge is 0.456 e. The minimum absolute atomic E-state index is 0.0315. The number of anilines is 1. The molecule has 0 bridgehead atoms. The molecule has 4 rings (SSSR count). The monoisotopic (exact) mass is 463 g/mol. The Hall–Kier alpha value is -3.52. The number of esters is 1. The van der Waals surface area contributed by atoms with Gasteiger partial charge in [0.25, 0.3) is 0 Å². The lowest BCUT2D eigenvalue weighted by atomic mass is 10.1. The lowest BCUT2D eigenvalue weighted by Crippen LogP contribution is -2.23. The minimum atomic E-state index is -0.448. The molecule has 170 valence electrons. The number of carbonyl (C=O) groups is 3. The van der Waals surface area contributed by atoms with Crippen molar-refractivity contribution in [3.8, 4) is 0 Å². The summed E-state index contributed by atoms with van der Waals surface area (Å²) in [6, 6.07) is 14.7. The second-order valence-electron chi connectivity index (χ2n) is 8.02. The van der Waals surface area contributed by atoms with Crippen molar-refractivity contribution in [2.24, 2.45) is 0 Å². The molecule has 0 unspecified atom stereocenters. The second-order valence-corrected chi connectivity index (χ2v) is 8.96. The molecule has 0 atom stereocenters. The summed E-state index contributed by atoms with van der Waals surface area (Å²) >= 11 is 1.36. The number of ether oxygens (including phenoxy) is 1. The quantitative estimate of drug-likeness (QED) is 0.508. The van der Waals surface area contributed by atoms with Crippen molar-refractivity contribution in [1.82, 2.24) is 9.88 Å². The Labute approximate surface area is 196 Å². The van der Waals surface area contributed by atoms with Crippen LogP contribution >= 0.6 is 11.3 Å². The van der Waals surface area contributed by atoms with Crippen LogP contribution in [0.5, 0.6) is 0 Å². The maximum atomic E-state index is 12.5. The van der Waals surface area contributed by atoms with Gasteiger partial charge in [-0.2, -0.15) is 0 Å². The van der Waals surface area contributed by atoms with E-state index in [4.69, 9.17) is 4.74 Å². The van der Waals surface area contributed by atoms with Gasteiger partial charge in [0, 0.05) is 30.6 Å². The highest BCUT2D eigenvalue weighted by atomic mass is 32.1. The number of benzene rings is 2. The number of hydrogen-bond donors (Lipinski definition) is 1. The van der Waals surface area contributed by atoms with Crippen molar-refractivity contribution in [1.29, 1.82) is 0 Å². The Kier molecular flexibility index (Phi) is 7.14. The molecule has 7 nitrogen and oxygen atoms in total. The molecule has 1 N–H and O–H groups in total. The van der Waals surface area contributed by atoms with E-state index in [-0.39, 0.29) is 24.8 Å². The predicted octanol–water partition coefficient (Wildman–Crippen LogP) is 4.11. The van der Waals surface area contributed by atoms with Gasteiger partial charge in [0.1, 0.15) is 11.6 Å². The van der Waals surface area contributed by atoms with E-state index in [0.717, 1.165) is 29.8 Å². The van der Waals surface area contributed by atoms with E-state index in [2.05, 4.69) is 10.3 Å². The van der Waals surface area contributed by atoms with Crippen LogP contribution in [0.15, 0.2) is 53.9 Å². The van der Waals surface area contributed by atoms with Gasteiger partial charge in [-0.25, -0.2) is 9.78 Å². The van der Waals surface area contributed by atoms with Gasteiger partial charge >= 0.3 is 5.97 Å². The second kappa shape index (κ2) is 10.4. The van der Waals surface area contributed by atoms with Gasteiger partial charge in [-0.3, -0.25) is 9.59 Å². The zero-order valence-corrected chi connectivity index (χ0v) is 19.2. The van der Waals surface area contributed by atoms with Gasteiger partial charge in [-0.1, -0.05) is 29.8 Å². The molecule has 2 amide bonds. The van der Waals surface area contributed by atoms with E-state index in [9.17, 15) is 14.4 Å². The summed E-state index contributed by atoms with van der Waals surface area (Å²) < 4.78 is 5.41. The first-order valence-corrected chi connectivity index (χ1v) is 11.7. The summed E-state index contributed by atoms with van der Waals surface area (Å²) in [5, 5.41) is 5.29. The highest BCUT2D eigenvalue weighted by Gasteiger charge is 2.20. The van der Waals surface area contributed by atoms with Crippen molar-refractivity contribution in [2.45, 2.75) is 39.3 Å². The Morgan fingerprint density at radius 2 is 2.00 bits per heavy atom. The van der Waals surface area contributed by atoms with Crippen LogP contribution < -0.4 is 5.32 Å². The van der Waals surface area contributed by atoms with Crippen LogP contribution in [-0.2, 0) is 33.9 Å². The van der Waals surface area contributed by atoms with Crippen LogP contribution in [0.25, 0.3) is 0 Å². The molecule has 1 aromatic heterocycles. The molecule has 0 spiro atoms. The smallest absolute Gasteiger partial charge is 0.338 e. The zero-order valence-electron chi connectivity index (χ0n) is 18.4. The van der Waals surface area contributed by atoms with Gasteiger partial charge in [-0.15, -0.1) is 11.3 Å². The third kappa shape index (κ3) is 6.26. The van der Waals surface area contributed by atoms with Crippen LogP contribution in [0, 0.1) is 6.92 Å². The van der Waals surface area contributed by atoms with E-state index in [0.29, 0.717) is 29.2 Å². The number of hydrogen-bond acceptors (Lipinski definition) is 6. The maximum absolute atomic E-state index is 12.5. The molecule has 1 aliphatic heterocycles. The fourth-order valence-electron chi connectivity index (χ4n) is 3.59. The van der Waals surface area contributed by atoms with Gasteiger partial charge in [0.05, 0.1) is 17.7 Å². The number of amides is 2. The van der Waals surface area contributed by atoms with E-state index in [1.807, 2.05) is 37.3 Å². The number of nitrogens with one attached hydrogen (secondary N) is 1. The first kappa shape index (κ1) is 22.7. The third-order valence-electron chi connectivity index (χ3n) is 5.31. The van der Waals surface area contributed by atoms with E-state index in [1.165, 1.54) is 11.3 Å². The minimum Gasteiger partial charge on any atom is -0.456 e. The average Bonchev–Trinajstić information content (AvgIpc) is 3.42. The third-order valence-corrected chi connectivity index (χ3v) is 6.20. The van der Waals surface area contributed by atoms with Crippen molar-refractivity contribution in [3.63, 3.8) is 0 Å². The number of nitrogens with zero attached hydrogens (tertiary/aromatic N) is 2. The normalized spacial score (nSPS) is 13.2. The first-order chi connectivity index (χ1) is 16.0. The summed E-state index contributed by atoms with van der Waals surface area (Å²) in [5.41, 5.74) is 3.81. The van der Waals surface area contributed by atoms with Crippen molar-refractivity contribution in [2.75, 3.05) is 11.9 Å². The fourth-order valence-corrected chi connectivity index (χ4v) is 4.36. The SMILES string of the molecule is Cc1ccc(NC(=O)Cc2nc(COC(=O)c3cccc(CN4CCCC4=O)c3)cs2)cc1. The number of likely N-dealkylation sites (tertiary alicyclic amines) is 1. The van der Waals surface area contributed by atoms with Gasteiger partial charge in [0.15, 0.2) is 0 Å². The molecule has 1 saturated heterocycles. The molecule has 1 fully saturated rings. The first-order valence-electron chi connectivity index (χ1n) is 10.8. The van der Waals surface area contributed by atoms with Crippen molar-refractivity contribution >= 4 is 34.8 Å². The zero-order chi connectivity index (χ0) is 23.2. The standard InChI is InChI=1S/C25H25N3O4S/c1-17-7-9-20(10-8-17)26-22(29)13-23-27-21(16-33-23)15-32-25(31)19-5-2-4-18(12-19)14-28-11-3-6-24(28)30/h2,4-5,7-10,12,16H,3,6,11,13-15H2,1H3,(H,26,29). The molecular formula is C25H25N3O4S. The Morgan fingerprint density at radius 1 is 1.18 bits per heavy atom. The number of carbonyl (C=O) groups excluding carboxylic acids is 3. The van der Waals surface area contributed by atoms with Crippen LogP contribution in [-0.4, -0.2) is 34.2 Å². The van der Waals surface area contributed by atoms with E-state index < -0.39 is 5.97 Å². The molecule has 1 aliphatic rings. The number of rotatable bonds is 8. The molecule has 3 aromatic rings. The molecule has 0 radical (unpaired) electrons. The summed E-state index contributed by atoms with van der Waals surface area (Å²) in [5.74, 6) is -0.448. The van der Waals surface area contributed by atoms with Crippen molar-refractivity contribution in [3.05, 3.63) is 81.3 Å². The Bertz CT molecular complexity index is 1160. The lowest BCUT2D eigenvalue weighted by molar-refractivity contribution is -0.128. The van der Waals surface area contributed by atoms with Gasteiger partial charge in [-0.05, 0) is 43.2 Å². The average molecular weight is 464 g/mol. The number of aryl methyl sites for hydroxylation is 1. The number of aromatic nitrogens is 1. The summed E-state index contributed by atoms with van der Waals surface area (Å²) in [4.78, 5) is 42.8. The van der Waals surface area contributed by atoms with Crippen LogP contribution in [0.3, 0.4) is 0 Å². The molecule has 0 aliphatic carbocycles. The Balaban J connectivity index is 1.27. The highest BCUT2D eigenvalue weighted by Crippen LogP contribution is 2.17. The summed E-state index contributed by atoms with van der Waals surface area (Å²) in [6.07, 6.45) is 1.62. The molecule has 0 saturated carbocycles. The lowest BCUT2D eigenvalue weighted by Gasteiger charge is -2.15. The molecule has 2 heterocycles. The van der Waals surface area contributed by atoms with Crippen molar-refractivity contribution < 1.29 is 19.1 Å². The van der Waals surface area contributed by atoms with Crippen LogP contribution in [0.1, 0.15) is 45.0 Å². The summed E-state index contributed by atoms with van der Waals surface area (Å²) in [6.45, 7) is 3.27. The maximum Gasteiger partial charge on any atom is 0.338 e. The van der Waals surface area contributed by atoms with Crippen LogP contribution in [0.2, 0.25) is 0 Å². The van der Waals surface area contributed by atoms with E-state index >= 15 is 0 Å². The van der Waals surface area contributed by atoms with Gasteiger partial charge in [0.2, 0.25) is 11.8 Å². The van der Waals surface area contributed by atoms with Crippen LogP contribution in [0.4, 0.5) is 5.69 Å². The van der Waals surface area contributed by atoms with Gasteiger partial charge < -0.3 is 15.0 Å². The highest BCUT2D eigenvalue weighted by molar-refractivity contribution is 7.09. The summed E-state index contributed by atoms with van der Waals surface area (Å²) in [7, 11) is 0. The Morgan fingerprint density at radius 3 is 2.76 bits per heavy atom. The predicted molar refractivity (Wildman–Crippen MR) is 126 cm³/mol. The molecular weight excluding hydrogens is 438 g/mol. The molecule has 8 heteroatoms. The molecule has 33 heavy (non-hydrogen) atoms. The number of thiazole rings is 1.